The van der Waals surface area contributed by atoms with E-state index in [0.717, 1.165) is 28.8 Å². The lowest BCUT2D eigenvalue weighted by atomic mass is 10.1. The Morgan fingerprint density at radius 1 is 1.38 bits per heavy atom. The quantitative estimate of drug-likeness (QED) is 0.796. The van der Waals surface area contributed by atoms with Gasteiger partial charge < -0.3 is 10.2 Å². The van der Waals surface area contributed by atoms with Gasteiger partial charge in [-0.25, -0.2) is 4.98 Å². The third-order valence-electron chi connectivity index (χ3n) is 3.94. The van der Waals surface area contributed by atoms with Crippen molar-refractivity contribution in [2.75, 3.05) is 18.0 Å². The standard InChI is InChI=1S/C16H21N5OS2/c1-12(24-16-20-19-11-23-16)15(22)18-10-13-5-6-14(17-9-13)21-7-3-2-4-8-21/h5-6,9,11-12H,2-4,7-8,10H2,1H3,(H,18,22). The first-order valence-electron chi connectivity index (χ1n) is 8.13. The molecule has 24 heavy (non-hydrogen) atoms. The highest BCUT2D eigenvalue weighted by molar-refractivity contribution is 8.02. The third kappa shape index (κ3) is 4.67. The van der Waals surface area contributed by atoms with Crippen LogP contribution in [0.25, 0.3) is 0 Å². The van der Waals surface area contributed by atoms with E-state index in [2.05, 4.69) is 25.4 Å². The first kappa shape index (κ1) is 17.2. The van der Waals surface area contributed by atoms with Crippen molar-refractivity contribution in [2.24, 2.45) is 0 Å². The molecule has 0 aliphatic carbocycles. The molecule has 1 fully saturated rings. The molecule has 0 saturated carbocycles. The van der Waals surface area contributed by atoms with Crippen LogP contribution >= 0.6 is 23.1 Å². The fourth-order valence-corrected chi connectivity index (χ4v) is 4.23. The van der Waals surface area contributed by atoms with Crippen molar-refractivity contribution in [1.82, 2.24) is 20.5 Å². The molecule has 1 saturated heterocycles. The molecule has 1 amide bonds. The Kier molecular flexibility index (Phi) is 6.03. The Morgan fingerprint density at radius 2 is 2.21 bits per heavy atom. The smallest absolute Gasteiger partial charge is 0.233 e. The van der Waals surface area contributed by atoms with E-state index in [1.807, 2.05) is 25.3 Å². The largest absolute Gasteiger partial charge is 0.357 e. The zero-order valence-electron chi connectivity index (χ0n) is 13.6. The number of amides is 1. The molecule has 8 heteroatoms. The van der Waals surface area contributed by atoms with Gasteiger partial charge in [-0.05, 0) is 37.8 Å². The summed E-state index contributed by atoms with van der Waals surface area (Å²) in [6, 6.07) is 4.09. The minimum atomic E-state index is -0.196. The molecule has 3 heterocycles. The van der Waals surface area contributed by atoms with Gasteiger partial charge in [-0.3, -0.25) is 4.79 Å². The van der Waals surface area contributed by atoms with Crippen molar-refractivity contribution in [1.29, 1.82) is 0 Å². The van der Waals surface area contributed by atoms with Crippen molar-refractivity contribution < 1.29 is 4.79 Å². The van der Waals surface area contributed by atoms with Crippen LogP contribution in [0.4, 0.5) is 5.82 Å². The lowest BCUT2D eigenvalue weighted by Gasteiger charge is -2.27. The molecule has 1 aliphatic heterocycles. The maximum atomic E-state index is 12.2. The molecule has 6 nitrogen and oxygen atoms in total. The zero-order chi connectivity index (χ0) is 16.8. The predicted molar refractivity (Wildman–Crippen MR) is 97.4 cm³/mol. The highest BCUT2D eigenvalue weighted by Gasteiger charge is 2.16. The number of carbonyl (C=O) groups excluding carboxylic acids is 1. The number of hydrogen-bond donors (Lipinski definition) is 1. The molecular formula is C16H21N5OS2. The van der Waals surface area contributed by atoms with Crippen LogP contribution in [0.2, 0.25) is 0 Å². The van der Waals surface area contributed by atoms with Crippen molar-refractivity contribution in [3.8, 4) is 0 Å². The molecule has 2 aromatic rings. The molecular weight excluding hydrogens is 342 g/mol. The number of hydrogen-bond acceptors (Lipinski definition) is 7. The van der Waals surface area contributed by atoms with Gasteiger partial charge in [0.15, 0.2) is 4.34 Å². The summed E-state index contributed by atoms with van der Waals surface area (Å²) < 4.78 is 0.810. The molecule has 2 aromatic heterocycles. The second-order valence-electron chi connectivity index (χ2n) is 5.75. The van der Waals surface area contributed by atoms with Gasteiger partial charge in [-0.2, -0.15) is 0 Å². The molecule has 128 valence electrons. The van der Waals surface area contributed by atoms with Gasteiger partial charge in [0.05, 0.1) is 5.25 Å². The maximum absolute atomic E-state index is 12.2. The number of carbonyl (C=O) groups is 1. The van der Waals surface area contributed by atoms with Crippen LogP contribution in [-0.2, 0) is 11.3 Å². The molecule has 0 spiro atoms. The van der Waals surface area contributed by atoms with Crippen molar-refractivity contribution >= 4 is 34.8 Å². The Hall–Kier alpha value is -1.67. The van der Waals surface area contributed by atoms with Crippen LogP contribution in [0, 0.1) is 0 Å². The third-order valence-corrected chi connectivity index (χ3v) is 5.85. The van der Waals surface area contributed by atoms with Gasteiger partial charge >= 0.3 is 0 Å². The molecule has 1 aliphatic rings. The second-order valence-corrected chi connectivity index (χ2v) is 8.18. The van der Waals surface area contributed by atoms with E-state index < -0.39 is 0 Å². The highest BCUT2D eigenvalue weighted by Crippen LogP contribution is 2.24. The van der Waals surface area contributed by atoms with E-state index >= 15 is 0 Å². The van der Waals surface area contributed by atoms with Gasteiger partial charge in [0.1, 0.15) is 11.3 Å². The Bertz CT molecular complexity index is 641. The first-order valence-corrected chi connectivity index (χ1v) is 9.89. The molecule has 0 bridgehead atoms. The Balaban J connectivity index is 1.48. The summed E-state index contributed by atoms with van der Waals surface area (Å²) in [5.41, 5.74) is 2.68. The van der Waals surface area contributed by atoms with E-state index in [9.17, 15) is 4.79 Å². The van der Waals surface area contributed by atoms with Gasteiger partial charge in [0, 0.05) is 25.8 Å². The molecule has 1 unspecified atom stereocenters. The lowest BCUT2D eigenvalue weighted by Crippen LogP contribution is -2.31. The normalized spacial score (nSPS) is 16.0. The summed E-state index contributed by atoms with van der Waals surface area (Å²) in [7, 11) is 0. The summed E-state index contributed by atoms with van der Waals surface area (Å²) >= 11 is 2.87. The SMILES string of the molecule is CC(Sc1nncs1)C(=O)NCc1ccc(N2CCCCC2)nc1. The average molecular weight is 364 g/mol. The van der Waals surface area contributed by atoms with E-state index in [1.165, 1.54) is 42.4 Å². The minimum absolute atomic E-state index is 0.00435. The van der Waals surface area contributed by atoms with Crippen LogP contribution in [0.1, 0.15) is 31.7 Å². The first-order chi connectivity index (χ1) is 11.7. The van der Waals surface area contributed by atoms with Gasteiger partial charge in [-0.1, -0.05) is 29.2 Å². The fourth-order valence-electron chi connectivity index (χ4n) is 2.58. The summed E-state index contributed by atoms with van der Waals surface area (Å²) in [5.74, 6) is 1.03. The van der Waals surface area contributed by atoms with Crippen LogP contribution in [0.3, 0.4) is 0 Å². The number of thioether (sulfide) groups is 1. The molecule has 0 aromatic carbocycles. The molecule has 3 rings (SSSR count). The number of nitrogens with zero attached hydrogens (tertiary/aromatic N) is 4. The zero-order valence-corrected chi connectivity index (χ0v) is 15.3. The molecule has 0 radical (unpaired) electrons. The number of aromatic nitrogens is 3. The van der Waals surface area contributed by atoms with Crippen molar-refractivity contribution in [3.05, 3.63) is 29.4 Å². The molecule has 1 N–H and O–H groups in total. The predicted octanol–water partition coefficient (Wildman–Crippen LogP) is 2.72. The number of nitrogens with one attached hydrogen (secondary N) is 1. The minimum Gasteiger partial charge on any atom is -0.357 e. The summed E-state index contributed by atoms with van der Waals surface area (Å²) in [6.45, 7) is 4.54. The molecule has 1 atom stereocenters. The number of anilines is 1. The van der Waals surface area contributed by atoms with E-state index in [4.69, 9.17) is 0 Å². The van der Waals surface area contributed by atoms with Gasteiger partial charge in [0.25, 0.3) is 0 Å². The van der Waals surface area contributed by atoms with Crippen LogP contribution in [0.5, 0.6) is 0 Å². The van der Waals surface area contributed by atoms with Gasteiger partial charge in [0.2, 0.25) is 5.91 Å². The monoisotopic (exact) mass is 363 g/mol. The number of pyridine rings is 1. The Labute approximate surface area is 150 Å². The van der Waals surface area contributed by atoms with Gasteiger partial charge in [-0.15, -0.1) is 10.2 Å². The van der Waals surface area contributed by atoms with Crippen molar-refractivity contribution in [3.63, 3.8) is 0 Å². The van der Waals surface area contributed by atoms with E-state index in [1.54, 1.807) is 5.51 Å². The summed E-state index contributed by atoms with van der Waals surface area (Å²) in [6.07, 6.45) is 5.65. The number of piperidine rings is 1. The van der Waals surface area contributed by atoms with Crippen LogP contribution in [0.15, 0.2) is 28.2 Å². The van der Waals surface area contributed by atoms with E-state index in [-0.39, 0.29) is 11.2 Å². The summed E-state index contributed by atoms with van der Waals surface area (Å²) in [5, 5.41) is 10.5. The fraction of sp³-hybridized carbons (Fsp3) is 0.500. The highest BCUT2D eigenvalue weighted by atomic mass is 32.2. The average Bonchev–Trinajstić information content (AvgIpc) is 3.14. The Morgan fingerprint density at radius 3 is 2.88 bits per heavy atom. The summed E-state index contributed by atoms with van der Waals surface area (Å²) in [4.78, 5) is 19.0. The number of rotatable bonds is 6. The van der Waals surface area contributed by atoms with Crippen LogP contribution < -0.4 is 10.2 Å². The lowest BCUT2D eigenvalue weighted by molar-refractivity contribution is -0.120. The topological polar surface area (TPSA) is 71.0 Å². The van der Waals surface area contributed by atoms with Crippen molar-refractivity contribution in [2.45, 2.75) is 42.3 Å². The second kappa shape index (κ2) is 8.43. The maximum Gasteiger partial charge on any atom is 0.233 e. The van der Waals surface area contributed by atoms with E-state index in [0.29, 0.717) is 6.54 Å². The van der Waals surface area contributed by atoms with Crippen LogP contribution in [-0.4, -0.2) is 39.4 Å².